The van der Waals surface area contributed by atoms with E-state index in [1.165, 1.54) is 16.7 Å². The van der Waals surface area contributed by atoms with E-state index >= 15 is 0 Å². The van der Waals surface area contributed by atoms with Crippen LogP contribution in [0.4, 0.5) is 11.4 Å². The van der Waals surface area contributed by atoms with Gasteiger partial charge >= 0.3 is 0 Å². The van der Waals surface area contributed by atoms with E-state index in [2.05, 4.69) is 135 Å². The third kappa shape index (κ3) is 5.72. The quantitative estimate of drug-likeness (QED) is 0.255. The molecule has 0 radical (unpaired) electrons. The molecule has 39 heavy (non-hydrogen) atoms. The van der Waals surface area contributed by atoms with E-state index in [-0.39, 0.29) is 16.2 Å². The van der Waals surface area contributed by atoms with Gasteiger partial charge in [-0.1, -0.05) is 147 Å². The van der Waals surface area contributed by atoms with Crippen molar-refractivity contribution in [2.45, 2.75) is 78.6 Å². The molecule has 0 fully saturated rings. The highest BCUT2D eigenvalue weighted by molar-refractivity contribution is 6.38. The molecule has 0 aliphatic carbocycles. The topological polar surface area (TPSA) is 52.0 Å². The zero-order valence-corrected chi connectivity index (χ0v) is 25.7. The highest BCUT2D eigenvalue weighted by Crippen LogP contribution is 2.51. The van der Waals surface area contributed by atoms with Crippen LogP contribution in [0.3, 0.4) is 0 Å². The zero-order valence-electron chi connectivity index (χ0n) is 25.0. The van der Waals surface area contributed by atoms with Gasteiger partial charge in [-0.25, -0.2) is 0 Å². The molecule has 4 aromatic rings. The van der Waals surface area contributed by atoms with Gasteiger partial charge in [-0.05, 0) is 49.6 Å². The van der Waals surface area contributed by atoms with Gasteiger partial charge in [-0.3, -0.25) is 0 Å². The molecule has 3 heteroatoms. The number of halogens is 1. The Kier molecular flexibility index (Phi) is 7.42. The van der Waals surface area contributed by atoms with Crippen LogP contribution in [0.15, 0.2) is 72.8 Å². The first-order chi connectivity index (χ1) is 18.0. The molecular formula is C36H43ClN2. The minimum absolute atomic E-state index is 0.0494. The fraction of sp³-hybridized carbons (Fsp3) is 0.333. The van der Waals surface area contributed by atoms with E-state index in [1.807, 2.05) is 0 Å². The molecule has 4 aromatic carbocycles. The lowest BCUT2D eigenvalue weighted by Gasteiger charge is -2.25. The van der Waals surface area contributed by atoms with Crippen molar-refractivity contribution >= 4 is 23.0 Å². The second kappa shape index (κ2) is 10.1. The van der Waals surface area contributed by atoms with Crippen LogP contribution < -0.4 is 11.5 Å². The van der Waals surface area contributed by atoms with Crippen LogP contribution >= 0.6 is 11.6 Å². The van der Waals surface area contributed by atoms with E-state index in [4.69, 9.17) is 23.1 Å². The lowest BCUT2D eigenvalue weighted by molar-refractivity contribution is 0.590. The summed E-state index contributed by atoms with van der Waals surface area (Å²) in [5.41, 5.74) is 24.5. The van der Waals surface area contributed by atoms with Crippen LogP contribution in [0, 0.1) is 0 Å². The molecule has 0 aliphatic heterocycles. The van der Waals surface area contributed by atoms with E-state index in [1.54, 1.807) is 0 Å². The molecule has 0 saturated heterocycles. The standard InChI is InChI=1S/C36H43ClN2/c1-34(2,3)25-16-10-22(11-17-25)28-29(23-12-18-26(19-13-23)35(4,5)6)32(38)31(37)33(39)30(28)24-14-20-27(21-15-24)36(7,8)9/h10-21H,38-39H2,1-9H3. The van der Waals surface area contributed by atoms with Gasteiger partial charge in [0.25, 0.3) is 0 Å². The Morgan fingerprint density at radius 3 is 0.872 bits per heavy atom. The molecule has 0 spiro atoms. The first kappa shape index (κ1) is 28.8. The number of benzene rings is 4. The normalized spacial score (nSPS) is 12.6. The third-order valence-electron chi connectivity index (χ3n) is 7.63. The van der Waals surface area contributed by atoms with Crippen molar-refractivity contribution in [2.24, 2.45) is 0 Å². The number of anilines is 2. The lowest BCUT2D eigenvalue weighted by atomic mass is 9.81. The number of hydrogen-bond acceptors (Lipinski definition) is 2. The van der Waals surface area contributed by atoms with Crippen molar-refractivity contribution in [3.05, 3.63) is 94.5 Å². The Labute approximate surface area is 240 Å². The van der Waals surface area contributed by atoms with Crippen molar-refractivity contribution in [2.75, 3.05) is 11.5 Å². The Balaban J connectivity index is 2.06. The van der Waals surface area contributed by atoms with Crippen LogP contribution in [0.5, 0.6) is 0 Å². The van der Waals surface area contributed by atoms with Gasteiger partial charge in [-0.2, -0.15) is 0 Å². The predicted octanol–water partition coefficient (Wildman–Crippen LogP) is 10.4. The average Bonchev–Trinajstić information content (AvgIpc) is 2.86. The Morgan fingerprint density at radius 1 is 0.410 bits per heavy atom. The summed E-state index contributed by atoms with van der Waals surface area (Å²) in [6.07, 6.45) is 0. The molecule has 0 bridgehead atoms. The number of nitrogen functional groups attached to an aromatic ring is 2. The molecule has 0 saturated carbocycles. The number of hydrogen-bond donors (Lipinski definition) is 2. The average molecular weight is 539 g/mol. The fourth-order valence-electron chi connectivity index (χ4n) is 5.06. The first-order valence-corrected chi connectivity index (χ1v) is 14.1. The van der Waals surface area contributed by atoms with Crippen molar-refractivity contribution in [3.63, 3.8) is 0 Å². The van der Waals surface area contributed by atoms with E-state index in [0.29, 0.717) is 16.4 Å². The predicted molar refractivity (Wildman–Crippen MR) is 173 cm³/mol. The molecule has 4 rings (SSSR count). The minimum Gasteiger partial charge on any atom is -0.397 e. The highest BCUT2D eigenvalue weighted by atomic mass is 35.5. The van der Waals surface area contributed by atoms with Crippen molar-refractivity contribution in [1.29, 1.82) is 0 Å². The van der Waals surface area contributed by atoms with Crippen LogP contribution in [0.25, 0.3) is 33.4 Å². The largest absolute Gasteiger partial charge is 0.397 e. The molecule has 0 aliphatic rings. The van der Waals surface area contributed by atoms with Gasteiger partial charge in [-0.15, -0.1) is 0 Å². The lowest BCUT2D eigenvalue weighted by Crippen LogP contribution is -2.11. The van der Waals surface area contributed by atoms with Crippen LogP contribution in [0.2, 0.25) is 5.02 Å². The summed E-state index contributed by atoms with van der Waals surface area (Å²) in [6.45, 7) is 20.0. The summed E-state index contributed by atoms with van der Waals surface area (Å²) >= 11 is 6.89. The van der Waals surface area contributed by atoms with Gasteiger partial charge in [0.2, 0.25) is 0 Å². The Hall–Kier alpha value is -3.23. The van der Waals surface area contributed by atoms with Gasteiger partial charge < -0.3 is 11.5 Å². The van der Waals surface area contributed by atoms with E-state index in [0.717, 1.165) is 33.4 Å². The highest BCUT2D eigenvalue weighted by Gasteiger charge is 2.25. The van der Waals surface area contributed by atoms with Crippen molar-refractivity contribution in [1.82, 2.24) is 0 Å². The third-order valence-corrected chi connectivity index (χ3v) is 8.04. The number of nitrogens with two attached hydrogens (primary N) is 2. The maximum absolute atomic E-state index is 6.89. The summed E-state index contributed by atoms with van der Waals surface area (Å²) < 4.78 is 0. The summed E-state index contributed by atoms with van der Waals surface area (Å²) in [7, 11) is 0. The van der Waals surface area contributed by atoms with Crippen LogP contribution in [-0.2, 0) is 16.2 Å². The smallest absolute Gasteiger partial charge is 0.0877 e. The second-order valence-electron chi connectivity index (χ2n) is 13.7. The monoisotopic (exact) mass is 538 g/mol. The molecule has 2 nitrogen and oxygen atoms in total. The summed E-state index contributed by atoms with van der Waals surface area (Å²) in [5, 5.41) is 0.398. The van der Waals surface area contributed by atoms with E-state index < -0.39 is 0 Å². The fourth-order valence-corrected chi connectivity index (χ4v) is 5.25. The summed E-state index contributed by atoms with van der Waals surface area (Å²) in [4.78, 5) is 0. The Bertz CT molecular complexity index is 1390. The molecular weight excluding hydrogens is 496 g/mol. The maximum Gasteiger partial charge on any atom is 0.0877 e. The summed E-state index contributed by atoms with van der Waals surface area (Å²) in [6, 6.07) is 26.1. The van der Waals surface area contributed by atoms with Crippen LogP contribution in [0.1, 0.15) is 79.0 Å². The van der Waals surface area contributed by atoms with Gasteiger partial charge in [0.1, 0.15) is 0 Å². The molecule has 0 heterocycles. The number of rotatable bonds is 3. The maximum atomic E-state index is 6.89. The van der Waals surface area contributed by atoms with Crippen molar-refractivity contribution in [3.8, 4) is 33.4 Å². The first-order valence-electron chi connectivity index (χ1n) is 13.7. The van der Waals surface area contributed by atoms with Crippen molar-refractivity contribution < 1.29 is 0 Å². The second-order valence-corrected chi connectivity index (χ2v) is 14.1. The van der Waals surface area contributed by atoms with Gasteiger partial charge in [0, 0.05) is 16.7 Å². The molecule has 0 aromatic heterocycles. The minimum atomic E-state index is 0.0494. The van der Waals surface area contributed by atoms with Gasteiger partial charge in [0.15, 0.2) is 0 Å². The van der Waals surface area contributed by atoms with E-state index in [9.17, 15) is 0 Å². The van der Waals surface area contributed by atoms with Gasteiger partial charge in [0.05, 0.1) is 16.4 Å². The molecule has 204 valence electrons. The molecule has 0 atom stereocenters. The zero-order chi connectivity index (χ0) is 28.9. The molecule has 4 N–H and O–H groups in total. The SMILES string of the molecule is CC(C)(C)c1ccc(-c2c(N)c(Cl)c(N)c(-c3ccc(C(C)(C)C)cc3)c2-c2ccc(C(C)(C)C)cc2)cc1. The Morgan fingerprint density at radius 2 is 0.641 bits per heavy atom. The molecule has 0 amide bonds. The molecule has 0 unspecified atom stereocenters. The van der Waals surface area contributed by atoms with Crippen LogP contribution in [-0.4, -0.2) is 0 Å². The summed E-state index contributed by atoms with van der Waals surface area (Å²) in [5.74, 6) is 0.